The number of hydrogen-bond donors (Lipinski definition) is 3. The van der Waals surface area contributed by atoms with Crippen LogP contribution in [0, 0.1) is 5.82 Å². The highest BCUT2D eigenvalue weighted by Crippen LogP contribution is 2.29. The fourth-order valence-corrected chi connectivity index (χ4v) is 3.08. The summed E-state index contributed by atoms with van der Waals surface area (Å²) in [5.41, 5.74) is 9.97. The molecule has 1 amide bonds. The van der Waals surface area contributed by atoms with Crippen molar-refractivity contribution < 1.29 is 9.18 Å². The van der Waals surface area contributed by atoms with Crippen LogP contribution in [-0.2, 0) is 6.54 Å². The molecule has 0 aliphatic heterocycles. The number of imidazole rings is 1. The molecular weight excluding hydrogens is 321 g/mol. The van der Waals surface area contributed by atoms with Crippen molar-refractivity contribution in [3.63, 3.8) is 0 Å². The molecule has 6 nitrogen and oxygen atoms in total. The van der Waals surface area contributed by atoms with Crippen LogP contribution in [-0.4, -0.2) is 27.6 Å². The summed E-state index contributed by atoms with van der Waals surface area (Å²) in [4.78, 5) is 16.2. The van der Waals surface area contributed by atoms with E-state index in [1.807, 2.05) is 37.5 Å². The van der Waals surface area contributed by atoms with Gasteiger partial charge in [-0.25, -0.2) is 13.9 Å². The first-order valence-electron chi connectivity index (χ1n) is 7.81. The number of nitrogens with zero attached hydrogens (tertiary/aromatic N) is 2. The van der Waals surface area contributed by atoms with Crippen LogP contribution >= 0.6 is 0 Å². The van der Waals surface area contributed by atoms with Gasteiger partial charge in [-0.3, -0.25) is 9.89 Å². The van der Waals surface area contributed by atoms with Crippen molar-refractivity contribution >= 4 is 22.6 Å². The first-order chi connectivity index (χ1) is 12.1. The molecule has 0 radical (unpaired) electrons. The standard InChI is InChI=1S/C18H16FN5O/c1-21-8-10-2-4-11(5-3-10)14-9-22-24-16-13(17(20)25)6-12(19)7-15(16)23-18(14)24/h2-7,9,21-22H,8H2,1H3,(H2,20,25). The van der Waals surface area contributed by atoms with Gasteiger partial charge in [-0.2, -0.15) is 0 Å². The lowest BCUT2D eigenvalue weighted by atomic mass is 10.1. The van der Waals surface area contributed by atoms with Gasteiger partial charge in [-0.15, -0.1) is 0 Å². The number of carbonyl (C=O) groups is 1. The molecule has 0 atom stereocenters. The Labute approximate surface area is 142 Å². The average molecular weight is 337 g/mol. The van der Waals surface area contributed by atoms with Crippen molar-refractivity contribution in [2.24, 2.45) is 5.73 Å². The van der Waals surface area contributed by atoms with Crippen molar-refractivity contribution in [2.45, 2.75) is 6.54 Å². The van der Waals surface area contributed by atoms with Crippen LogP contribution in [0.15, 0.2) is 42.6 Å². The molecule has 0 aliphatic carbocycles. The minimum atomic E-state index is -0.695. The van der Waals surface area contributed by atoms with E-state index < -0.39 is 11.7 Å². The number of nitrogens with one attached hydrogen (secondary N) is 2. The van der Waals surface area contributed by atoms with E-state index in [1.54, 1.807) is 4.52 Å². The fourth-order valence-electron chi connectivity index (χ4n) is 3.08. The van der Waals surface area contributed by atoms with E-state index in [9.17, 15) is 9.18 Å². The Morgan fingerprint density at radius 2 is 2.08 bits per heavy atom. The molecular formula is C18H16FN5O. The predicted molar refractivity (Wildman–Crippen MR) is 93.7 cm³/mol. The van der Waals surface area contributed by atoms with Crippen LogP contribution in [0.25, 0.3) is 27.8 Å². The van der Waals surface area contributed by atoms with Gasteiger partial charge in [0.05, 0.1) is 11.1 Å². The second-order valence-corrected chi connectivity index (χ2v) is 5.87. The third-order valence-corrected chi connectivity index (χ3v) is 4.21. The molecule has 0 saturated carbocycles. The average Bonchev–Trinajstić information content (AvgIpc) is 3.13. The van der Waals surface area contributed by atoms with Gasteiger partial charge in [0.15, 0.2) is 5.65 Å². The highest BCUT2D eigenvalue weighted by atomic mass is 19.1. The van der Waals surface area contributed by atoms with E-state index in [-0.39, 0.29) is 5.56 Å². The van der Waals surface area contributed by atoms with Crippen molar-refractivity contribution in [2.75, 3.05) is 7.05 Å². The summed E-state index contributed by atoms with van der Waals surface area (Å²) in [5, 5.41) is 6.18. The molecule has 0 unspecified atom stereocenters. The zero-order chi connectivity index (χ0) is 17.6. The normalized spacial score (nSPS) is 11.4. The Balaban J connectivity index is 1.92. The molecule has 25 heavy (non-hydrogen) atoms. The Morgan fingerprint density at radius 1 is 1.32 bits per heavy atom. The number of H-pyrrole nitrogens is 1. The second-order valence-electron chi connectivity index (χ2n) is 5.87. The molecule has 4 N–H and O–H groups in total. The quantitative estimate of drug-likeness (QED) is 0.534. The Hall–Kier alpha value is -3.19. The summed E-state index contributed by atoms with van der Waals surface area (Å²) in [7, 11) is 1.90. The van der Waals surface area contributed by atoms with E-state index in [2.05, 4.69) is 15.4 Å². The maximum absolute atomic E-state index is 13.8. The minimum absolute atomic E-state index is 0.0975. The highest BCUT2D eigenvalue weighted by molar-refractivity contribution is 6.05. The first-order valence-corrected chi connectivity index (χ1v) is 7.81. The zero-order valence-electron chi connectivity index (χ0n) is 13.5. The number of aromatic nitrogens is 3. The van der Waals surface area contributed by atoms with Gasteiger partial charge >= 0.3 is 0 Å². The number of carbonyl (C=O) groups excluding carboxylic acids is 1. The molecule has 7 heteroatoms. The Morgan fingerprint density at radius 3 is 2.76 bits per heavy atom. The fraction of sp³-hybridized carbons (Fsp3) is 0.111. The molecule has 2 heterocycles. The van der Waals surface area contributed by atoms with Gasteiger partial charge in [-0.05, 0) is 24.2 Å². The van der Waals surface area contributed by atoms with Crippen molar-refractivity contribution in [1.29, 1.82) is 0 Å². The molecule has 126 valence electrons. The summed E-state index contributed by atoms with van der Waals surface area (Å²) in [6, 6.07) is 10.5. The number of nitrogens with two attached hydrogens (primary N) is 1. The summed E-state index contributed by atoms with van der Waals surface area (Å²) < 4.78 is 15.4. The smallest absolute Gasteiger partial charge is 0.251 e. The van der Waals surface area contributed by atoms with Gasteiger partial charge in [0.25, 0.3) is 5.91 Å². The predicted octanol–water partition coefficient (Wildman–Crippen LogP) is 2.44. The molecule has 0 bridgehead atoms. The maximum Gasteiger partial charge on any atom is 0.251 e. The van der Waals surface area contributed by atoms with Gasteiger partial charge < -0.3 is 11.1 Å². The van der Waals surface area contributed by atoms with Gasteiger partial charge in [0.2, 0.25) is 0 Å². The minimum Gasteiger partial charge on any atom is -0.366 e. The van der Waals surface area contributed by atoms with Crippen molar-refractivity contribution in [3.05, 3.63) is 59.5 Å². The maximum atomic E-state index is 13.8. The van der Waals surface area contributed by atoms with E-state index >= 15 is 0 Å². The largest absolute Gasteiger partial charge is 0.366 e. The molecule has 0 fully saturated rings. The molecule has 2 aromatic heterocycles. The number of halogens is 1. The van der Waals surface area contributed by atoms with Crippen molar-refractivity contribution in [3.8, 4) is 11.1 Å². The second kappa shape index (κ2) is 5.71. The SMILES string of the molecule is CNCc1ccc(-c2c[nH]n3c2nc2cc(F)cc(C(N)=O)c23)cc1. The van der Waals surface area contributed by atoms with Gasteiger partial charge in [0, 0.05) is 24.4 Å². The molecule has 4 rings (SSSR count). The number of rotatable bonds is 4. The van der Waals surface area contributed by atoms with Crippen LogP contribution in [0.3, 0.4) is 0 Å². The third-order valence-electron chi connectivity index (χ3n) is 4.21. The van der Waals surface area contributed by atoms with Gasteiger partial charge in [-0.1, -0.05) is 24.3 Å². The van der Waals surface area contributed by atoms with E-state index in [0.717, 1.165) is 23.7 Å². The summed E-state index contributed by atoms with van der Waals surface area (Å²) in [6.07, 6.45) is 1.81. The number of benzene rings is 2. The van der Waals surface area contributed by atoms with Crippen LogP contribution < -0.4 is 11.1 Å². The van der Waals surface area contributed by atoms with Crippen LogP contribution in [0.5, 0.6) is 0 Å². The van der Waals surface area contributed by atoms with Crippen LogP contribution in [0.1, 0.15) is 15.9 Å². The lowest BCUT2D eigenvalue weighted by Gasteiger charge is -2.01. The third kappa shape index (κ3) is 2.45. The summed E-state index contributed by atoms with van der Waals surface area (Å²) in [6.45, 7) is 0.789. The zero-order valence-corrected chi connectivity index (χ0v) is 13.5. The van der Waals surface area contributed by atoms with E-state index in [4.69, 9.17) is 5.73 Å². The summed E-state index contributed by atoms with van der Waals surface area (Å²) >= 11 is 0. The number of primary amides is 1. The highest BCUT2D eigenvalue weighted by Gasteiger charge is 2.18. The van der Waals surface area contributed by atoms with Crippen LogP contribution in [0.2, 0.25) is 0 Å². The number of amides is 1. The molecule has 0 aliphatic rings. The molecule has 0 spiro atoms. The lowest BCUT2D eigenvalue weighted by Crippen LogP contribution is -2.12. The molecule has 2 aromatic carbocycles. The lowest BCUT2D eigenvalue weighted by molar-refractivity contribution is 0.100. The van der Waals surface area contributed by atoms with E-state index in [1.165, 1.54) is 11.6 Å². The Kier molecular flexibility index (Phi) is 3.51. The molecule has 0 saturated heterocycles. The Bertz CT molecular complexity index is 1090. The number of fused-ring (bicyclic) bond motifs is 3. The number of aromatic amines is 1. The van der Waals surface area contributed by atoms with Crippen molar-refractivity contribution in [1.82, 2.24) is 19.9 Å². The van der Waals surface area contributed by atoms with E-state index in [0.29, 0.717) is 16.7 Å². The first kappa shape index (κ1) is 15.3. The van der Waals surface area contributed by atoms with Gasteiger partial charge in [0.1, 0.15) is 11.3 Å². The molecule has 4 aromatic rings. The topological polar surface area (TPSA) is 88.2 Å². The van der Waals surface area contributed by atoms with Crippen LogP contribution in [0.4, 0.5) is 4.39 Å². The summed E-state index contributed by atoms with van der Waals surface area (Å²) in [5.74, 6) is -1.24. The number of hydrogen-bond acceptors (Lipinski definition) is 3. The monoisotopic (exact) mass is 337 g/mol.